The summed E-state index contributed by atoms with van der Waals surface area (Å²) in [5, 5.41) is 36.8. The Kier molecular flexibility index (Phi) is 36.5. The number of nitrogens with zero attached hydrogens (tertiary/aromatic N) is 9. The van der Waals surface area contributed by atoms with Crippen LogP contribution in [0.4, 0.5) is 22.7 Å². The number of aliphatic hydroxyl groups excluding tert-OH is 1. The number of benzene rings is 6. The lowest BCUT2D eigenvalue weighted by molar-refractivity contribution is -0.147. The molecule has 7 aliphatic heterocycles. The smallest absolute Gasteiger partial charge is 0.320 e. The molecule has 7 heterocycles. The largest absolute Gasteiger partial charge is 0.480 e. The summed E-state index contributed by atoms with van der Waals surface area (Å²) in [6.07, 6.45) is 3.75. The van der Waals surface area contributed by atoms with Crippen molar-refractivity contribution in [3.8, 4) is 0 Å². The zero-order chi connectivity index (χ0) is 86.5. The summed E-state index contributed by atoms with van der Waals surface area (Å²) in [4.78, 5) is 70.3. The van der Waals surface area contributed by atoms with Crippen LogP contribution in [0.3, 0.4) is 0 Å². The first kappa shape index (κ1) is 96.6. The molecule has 0 saturated carbocycles. The molecule has 0 spiro atoms. The number of carboxylic acid groups (broad SMARTS) is 1. The predicted molar refractivity (Wildman–Crippen MR) is 462 cm³/mol. The number of esters is 2. The van der Waals surface area contributed by atoms with Crippen LogP contribution in [0.5, 0.6) is 0 Å². The van der Waals surface area contributed by atoms with Gasteiger partial charge in [0, 0.05) is 145 Å². The number of halogens is 2. The van der Waals surface area contributed by atoms with Crippen LogP contribution in [0.25, 0.3) is 43.1 Å². The highest BCUT2D eigenvalue weighted by Crippen LogP contribution is 2.46. The number of hydrogen-bond acceptors (Lipinski definition) is 28. The summed E-state index contributed by atoms with van der Waals surface area (Å²) in [7, 11) is -15.6. The highest BCUT2D eigenvalue weighted by atomic mass is 79.9. The predicted octanol–water partition coefficient (Wildman–Crippen LogP) is 10.5. The molecule has 6 aromatic carbocycles. The van der Waals surface area contributed by atoms with Crippen molar-refractivity contribution in [2.75, 3.05) is 199 Å². The van der Waals surface area contributed by atoms with E-state index in [1.54, 1.807) is 12.1 Å². The van der Waals surface area contributed by atoms with Crippen LogP contribution in [0.2, 0.25) is 0 Å². The molecule has 7 aliphatic rings. The molecule has 33 nitrogen and oxygen atoms in total. The Hall–Kier alpha value is -6.19. The minimum absolute atomic E-state index is 0.00432. The fraction of sp³-hybridized carbons (Fsp3) is 0.613. The molecule has 8 atom stereocenters. The number of carboxylic acids is 1. The van der Waals surface area contributed by atoms with E-state index >= 15 is 0 Å². The second-order valence-electron chi connectivity index (χ2n) is 32.2. The number of morpholine rings is 3. The molecule has 5 N–H and O–H groups in total. The van der Waals surface area contributed by atoms with Crippen molar-refractivity contribution in [2.45, 2.75) is 101 Å². The Balaban J connectivity index is 0.000000209. The summed E-state index contributed by atoms with van der Waals surface area (Å²) in [5.74, 6) is 0.307. The van der Waals surface area contributed by atoms with Gasteiger partial charge in [-0.1, -0.05) is 112 Å². The van der Waals surface area contributed by atoms with E-state index < -0.39 is 46.1 Å². The van der Waals surface area contributed by atoms with Crippen molar-refractivity contribution in [2.24, 2.45) is 57.7 Å². The third-order valence-electron chi connectivity index (χ3n) is 21.7. The van der Waals surface area contributed by atoms with E-state index in [1.807, 2.05) is 70.1 Å². The van der Waals surface area contributed by atoms with Crippen LogP contribution in [0, 0.1) is 57.2 Å². The lowest BCUT2D eigenvalue weighted by atomic mass is 9.93. The van der Waals surface area contributed by atoms with Gasteiger partial charge >= 0.3 is 17.9 Å². The molecule has 119 heavy (non-hydrogen) atoms. The molecule has 0 unspecified atom stereocenters. The van der Waals surface area contributed by atoms with Gasteiger partial charge in [-0.15, -0.1) is 9.81 Å². The number of nitroso groups, excluding NO2 is 2. The number of sulfonamides is 4. The molecule has 660 valence electrons. The Morgan fingerprint density at radius 1 is 0.420 bits per heavy atom. The van der Waals surface area contributed by atoms with Gasteiger partial charge in [0.2, 0.25) is 40.1 Å². The normalized spacial score (nSPS) is 23.1. The Bertz CT molecular complexity index is 4680. The molecule has 0 radical (unpaired) electrons. The molecule has 0 amide bonds. The SMILES string of the molecule is C[C@@H]1C[C@H](C)CN(S(=O)(=O)c2ccc3c(NO)c4ccc(S(=O)(=O)N5C[C@H](C)C[C@H](C)C5)cc4c(N=O)c3c2)C1.C[C@@H]1C[C@H](C)CN(S(=O)(=O)c2ccc3c(NOCCOC(=O)CN4CCOCC4)c4ccc(S(=O)(=O)N5C[C@H](C)C[C@H](C)C5)cc4c(N=O)c3c2)C1.O=C(CN1CCOCC1)OCCBr.O=C(O)CN1CCOCC1.OCCBr. The minimum atomic E-state index is -3.93. The minimum Gasteiger partial charge on any atom is -0.480 e. The van der Waals surface area contributed by atoms with Gasteiger partial charge in [0.25, 0.3) is 0 Å². The summed E-state index contributed by atoms with van der Waals surface area (Å²) >= 11 is 6.19. The van der Waals surface area contributed by atoms with Gasteiger partial charge in [0.05, 0.1) is 96.8 Å². The van der Waals surface area contributed by atoms with E-state index in [0.717, 1.165) is 51.9 Å². The van der Waals surface area contributed by atoms with E-state index in [-0.39, 0.29) is 150 Å². The highest BCUT2D eigenvalue weighted by Gasteiger charge is 2.38. The molecular weight excluding hydrogens is 1760 g/mol. The van der Waals surface area contributed by atoms with E-state index in [2.05, 4.69) is 53.2 Å². The molecule has 6 aromatic rings. The monoisotopic (exact) mass is 1870 g/mol. The third-order valence-corrected chi connectivity index (χ3v) is 29.7. The number of aliphatic carboxylic acids is 1. The number of nitrogens with one attached hydrogen (secondary N) is 2. The highest BCUT2D eigenvalue weighted by molar-refractivity contribution is 9.09. The number of alkyl halides is 2. The maximum Gasteiger partial charge on any atom is 0.320 e. The van der Waals surface area contributed by atoms with Crippen LogP contribution in [0.1, 0.15) is 81.1 Å². The zero-order valence-electron chi connectivity index (χ0n) is 68.9. The van der Waals surface area contributed by atoms with Crippen molar-refractivity contribution in [3.05, 3.63) is 82.6 Å². The summed E-state index contributed by atoms with van der Waals surface area (Å²) in [5.41, 5.74) is 5.53. The first-order valence-corrected chi connectivity index (χ1v) is 48.4. The van der Waals surface area contributed by atoms with Crippen LogP contribution in [-0.4, -0.2) is 287 Å². The van der Waals surface area contributed by atoms with E-state index in [4.69, 9.17) is 38.7 Å². The first-order chi connectivity index (χ1) is 56.7. The molecule has 39 heteroatoms. The Morgan fingerprint density at radius 2 is 0.689 bits per heavy atom. The van der Waals surface area contributed by atoms with Crippen LogP contribution in [-0.2, 0) is 83.0 Å². The molecular formula is C80H115Br2N11O22S4. The molecule has 0 aliphatic carbocycles. The topological polar surface area (TPSA) is 409 Å². The maximum atomic E-state index is 13.9. The van der Waals surface area contributed by atoms with E-state index in [9.17, 15) is 63.1 Å². The van der Waals surface area contributed by atoms with Gasteiger partial charge in [0.15, 0.2) is 0 Å². The van der Waals surface area contributed by atoms with Gasteiger partial charge < -0.3 is 33.9 Å². The Labute approximate surface area is 714 Å². The number of rotatable bonds is 25. The number of carbonyl (C=O) groups excluding carboxylic acids is 2. The van der Waals surface area contributed by atoms with Gasteiger partial charge in [0.1, 0.15) is 31.2 Å². The molecule has 7 saturated heterocycles. The average Bonchev–Trinajstić information content (AvgIpc) is 0.737. The van der Waals surface area contributed by atoms with Crippen molar-refractivity contribution in [1.82, 2.24) is 31.9 Å². The summed E-state index contributed by atoms with van der Waals surface area (Å²) in [6, 6.07) is 17.8. The number of anilines is 2. The molecule has 0 aromatic heterocycles. The number of carbonyl (C=O) groups is 3. The number of aliphatic hydroxyl groups is 1. The third kappa shape index (κ3) is 25.8. The Morgan fingerprint density at radius 3 is 0.941 bits per heavy atom. The number of piperidine rings is 4. The van der Waals surface area contributed by atoms with E-state index in [1.165, 1.54) is 77.9 Å². The zero-order valence-corrected chi connectivity index (χ0v) is 75.3. The second kappa shape index (κ2) is 44.9. The number of hydrogen-bond donors (Lipinski definition) is 5. The quantitative estimate of drug-likeness (QED) is 0.00887. The molecule has 13 rings (SSSR count). The molecule has 0 bridgehead atoms. The van der Waals surface area contributed by atoms with Crippen LogP contribution < -0.4 is 11.0 Å². The lowest BCUT2D eigenvalue weighted by Crippen LogP contribution is -2.42. The first-order valence-electron chi connectivity index (χ1n) is 40.4. The van der Waals surface area contributed by atoms with Crippen LogP contribution in [0.15, 0.2) is 103 Å². The fourth-order valence-electron chi connectivity index (χ4n) is 16.6. The second-order valence-corrected chi connectivity index (χ2v) is 41.5. The van der Waals surface area contributed by atoms with Gasteiger partial charge in [-0.05, 0) is 132 Å². The number of ether oxygens (including phenoxy) is 5. The van der Waals surface area contributed by atoms with Crippen molar-refractivity contribution < 1.29 is 92.0 Å². The standard InChI is InChI=1S/C36H49N5O9S2.C28H36N4O6S2.C8H14BrNO3.C6H11NO3.C2H5BrO/c1-24-15-25(2)20-40(19-24)51(44,45)28-5-7-30-32(17-28)35(37-43)33-18-29(52(46,47)41-21-26(3)16-27(4)22-41)6-8-31(33)36(30)38-50-14-13-49-34(42)23-39-9-11-48-12-10-39;1-17-9-18(2)14-31(13-17)39(35,36)21-5-7-23-25(11-21)28(30-34)26-12-22(6-8-24(26)27(23)29-33)40(37,38)32-15-19(3)10-20(4)16-32;9-1-4-13-8(11)7-10-2-5-12-6-3-10;8-6(9)5-7-1-3-10-4-2-7;3-1-2-4/h5-8,17-18,24-27,38H,9-16,19-23H2,1-4H3;5-8,11-12,17-20,29,33H,9-10,13-16H2,1-4H3;1-7H2;1-5H2,(H,8,9);4H,1-2H2/t24-,25+,26-,27+;17-,18+,19-,20+;;;. The van der Waals surface area contributed by atoms with Crippen molar-refractivity contribution in [1.29, 1.82) is 0 Å². The molecule has 7 fully saturated rings. The van der Waals surface area contributed by atoms with Gasteiger partial charge in [-0.3, -0.25) is 50.1 Å². The summed E-state index contributed by atoms with van der Waals surface area (Å²) in [6.45, 7) is 28.9. The van der Waals surface area contributed by atoms with E-state index in [0.29, 0.717) is 156 Å². The van der Waals surface area contributed by atoms with Crippen LogP contribution >= 0.6 is 31.9 Å². The van der Waals surface area contributed by atoms with Gasteiger partial charge in [-0.25, -0.2) is 33.7 Å². The van der Waals surface area contributed by atoms with Gasteiger partial charge in [-0.2, -0.15) is 17.2 Å². The van der Waals surface area contributed by atoms with Crippen molar-refractivity contribution in [3.63, 3.8) is 0 Å². The fourth-order valence-corrected chi connectivity index (χ4v) is 23.6. The maximum absolute atomic E-state index is 13.9. The average molecular weight is 1870 g/mol. The lowest BCUT2D eigenvalue weighted by Gasteiger charge is -2.34. The number of fused-ring (bicyclic) bond motifs is 4. The summed E-state index contributed by atoms with van der Waals surface area (Å²) < 4.78 is 142. The van der Waals surface area contributed by atoms with Crippen molar-refractivity contribution >= 4 is 156 Å².